The number of carbonyl (C=O) groups excluding carboxylic acids is 1. The lowest BCUT2D eigenvalue weighted by Gasteiger charge is -2.12. The van der Waals surface area contributed by atoms with Gasteiger partial charge in [-0.25, -0.2) is 0 Å². The third-order valence-electron chi connectivity index (χ3n) is 1.38. The average Bonchev–Trinajstić information content (AvgIpc) is 2.04. The number of esters is 1. The predicted molar refractivity (Wildman–Crippen MR) is 52.1 cm³/mol. The van der Waals surface area contributed by atoms with Crippen LogP contribution >= 0.6 is 12.2 Å². The number of carbonyl (C=O) groups is 1. The molecule has 0 bridgehead atoms. The molecule has 0 fully saturated rings. The van der Waals surface area contributed by atoms with Crippen molar-refractivity contribution in [1.82, 2.24) is 5.32 Å². The number of nitrogens with one attached hydrogen (secondary N) is 1. The number of thiocarbonyl (C=S) groups is 1. The fourth-order valence-corrected chi connectivity index (χ4v) is 0.942. The Labute approximate surface area is 78.5 Å². The van der Waals surface area contributed by atoms with Crippen molar-refractivity contribution in [3.8, 4) is 0 Å². The van der Waals surface area contributed by atoms with Gasteiger partial charge in [-0.3, -0.25) is 4.79 Å². The van der Waals surface area contributed by atoms with Crippen molar-refractivity contribution in [3.05, 3.63) is 0 Å². The predicted octanol–water partition coefficient (Wildman–Crippen LogP) is 1.12. The van der Waals surface area contributed by atoms with Gasteiger partial charge in [-0.2, -0.15) is 0 Å². The standard InChI is InChI=1S/C8H15NO2S/c1-4-9-7(12)6(3)8(10)11-5-2/h6H,4-5H2,1-3H3,(H,9,12)/t6-/m0/s1. The zero-order valence-electron chi connectivity index (χ0n) is 7.72. The summed E-state index contributed by atoms with van der Waals surface area (Å²) in [5.41, 5.74) is 0. The first-order valence-electron chi connectivity index (χ1n) is 4.07. The van der Waals surface area contributed by atoms with Gasteiger partial charge >= 0.3 is 5.97 Å². The molecule has 0 amide bonds. The van der Waals surface area contributed by atoms with Gasteiger partial charge in [0.1, 0.15) is 5.92 Å². The maximum Gasteiger partial charge on any atom is 0.315 e. The first kappa shape index (κ1) is 11.4. The Hall–Kier alpha value is -0.640. The summed E-state index contributed by atoms with van der Waals surface area (Å²) in [6.45, 7) is 6.59. The van der Waals surface area contributed by atoms with Gasteiger partial charge < -0.3 is 10.1 Å². The zero-order valence-corrected chi connectivity index (χ0v) is 8.53. The van der Waals surface area contributed by atoms with Crippen molar-refractivity contribution in [2.24, 2.45) is 5.92 Å². The largest absolute Gasteiger partial charge is 0.465 e. The summed E-state index contributed by atoms with van der Waals surface area (Å²) in [5, 5.41) is 2.92. The van der Waals surface area contributed by atoms with Crippen LogP contribution in [0.2, 0.25) is 0 Å². The van der Waals surface area contributed by atoms with E-state index in [1.807, 2.05) is 6.92 Å². The van der Waals surface area contributed by atoms with E-state index in [0.717, 1.165) is 6.54 Å². The second-order valence-corrected chi connectivity index (χ2v) is 2.81. The minimum Gasteiger partial charge on any atom is -0.465 e. The Morgan fingerprint density at radius 2 is 2.17 bits per heavy atom. The van der Waals surface area contributed by atoms with Crippen LogP contribution < -0.4 is 5.32 Å². The van der Waals surface area contributed by atoms with Crippen molar-refractivity contribution < 1.29 is 9.53 Å². The molecule has 0 aliphatic rings. The molecule has 1 N–H and O–H groups in total. The minimum atomic E-state index is -0.333. The molecule has 0 rings (SSSR count). The molecule has 4 heteroatoms. The Balaban J connectivity index is 3.91. The molecule has 0 spiro atoms. The van der Waals surface area contributed by atoms with Gasteiger partial charge in [0.2, 0.25) is 0 Å². The lowest BCUT2D eigenvalue weighted by atomic mass is 10.2. The van der Waals surface area contributed by atoms with E-state index < -0.39 is 0 Å². The topological polar surface area (TPSA) is 38.3 Å². The summed E-state index contributed by atoms with van der Waals surface area (Å²) < 4.78 is 4.80. The molecule has 1 atom stereocenters. The normalized spacial score (nSPS) is 11.9. The molecule has 0 saturated heterocycles. The molecule has 0 aliphatic heterocycles. The Kier molecular flexibility index (Phi) is 5.62. The van der Waals surface area contributed by atoms with E-state index in [1.165, 1.54) is 0 Å². The Bertz CT molecular complexity index is 152. The maximum absolute atomic E-state index is 11.1. The highest BCUT2D eigenvalue weighted by Crippen LogP contribution is 2.00. The molecule has 0 saturated carbocycles. The van der Waals surface area contributed by atoms with Crippen LogP contribution in [0.1, 0.15) is 20.8 Å². The molecule has 0 heterocycles. The van der Waals surface area contributed by atoms with E-state index in [4.69, 9.17) is 17.0 Å². The monoisotopic (exact) mass is 189 g/mol. The van der Waals surface area contributed by atoms with E-state index in [-0.39, 0.29) is 11.9 Å². The van der Waals surface area contributed by atoms with Crippen LogP contribution in [0.3, 0.4) is 0 Å². The van der Waals surface area contributed by atoms with Crippen molar-refractivity contribution in [2.75, 3.05) is 13.2 Å². The van der Waals surface area contributed by atoms with E-state index in [0.29, 0.717) is 11.6 Å². The third kappa shape index (κ3) is 3.67. The number of hydrogen-bond donors (Lipinski definition) is 1. The minimum absolute atomic E-state index is 0.261. The van der Waals surface area contributed by atoms with Crippen molar-refractivity contribution in [1.29, 1.82) is 0 Å². The smallest absolute Gasteiger partial charge is 0.315 e. The first-order valence-corrected chi connectivity index (χ1v) is 4.48. The van der Waals surface area contributed by atoms with Crippen molar-refractivity contribution >= 4 is 23.2 Å². The third-order valence-corrected chi connectivity index (χ3v) is 1.88. The number of ether oxygens (including phenoxy) is 1. The van der Waals surface area contributed by atoms with Crippen LogP contribution in [0.4, 0.5) is 0 Å². The van der Waals surface area contributed by atoms with Crippen molar-refractivity contribution in [3.63, 3.8) is 0 Å². The van der Waals surface area contributed by atoms with E-state index in [1.54, 1.807) is 13.8 Å². The highest BCUT2D eigenvalue weighted by Gasteiger charge is 2.17. The quantitative estimate of drug-likeness (QED) is 0.531. The number of rotatable bonds is 4. The molecule has 3 nitrogen and oxygen atoms in total. The molecule has 0 aliphatic carbocycles. The summed E-state index contributed by atoms with van der Waals surface area (Å²) >= 11 is 4.95. The van der Waals surface area contributed by atoms with Gasteiger partial charge in [0.05, 0.1) is 11.6 Å². The second-order valence-electron chi connectivity index (χ2n) is 2.37. The summed E-state index contributed by atoms with van der Waals surface area (Å²) in [7, 11) is 0. The van der Waals surface area contributed by atoms with E-state index in [2.05, 4.69) is 5.32 Å². The fraction of sp³-hybridized carbons (Fsp3) is 0.750. The number of hydrogen-bond acceptors (Lipinski definition) is 3. The highest BCUT2D eigenvalue weighted by atomic mass is 32.1. The van der Waals surface area contributed by atoms with Gasteiger partial charge in [-0.15, -0.1) is 0 Å². The Morgan fingerprint density at radius 3 is 2.58 bits per heavy atom. The lowest BCUT2D eigenvalue weighted by Crippen LogP contribution is -2.32. The Morgan fingerprint density at radius 1 is 1.58 bits per heavy atom. The van der Waals surface area contributed by atoms with Gasteiger partial charge in [0, 0.05) is 6.54 Å². The van der Waals surface area contributed by atoms with Crippen LogP contribution in [0.5, 0.6) is 0 Å². The summed E-state index contributed by atoms with van der Waals surface area (Å²) in [6, 6.07) is 0. The molecule has 70 valence electrons. The lowest BCUT2D eigenvalue weighted by molar-refractivity contribution is -0.145. The summed E-state index contributed by atoms with van der Waals surface area (Å²) in [5.74, 6) is -0.594. The molecule has 0 radical (unpaired) electrons. The molecule has 12 heavy (non-hydrogen) atoms. The SMILES string of the molecule is CCNC(=S)[C@H](C)C(=O)OCC. The first-order chi connectivity index (χ1) is 5.63. The molecule has 0 aromatic heterocycles. The fourth-order valence-electron chi connectivity index (χ4n) is 0.702. The molecule has 0 aromatic carbocycles. The zero-order chi connectivity index (χ0) is 9.56. The molecule has 0 aromatic rings. The molecular weight excluding hydrogens is 174 g/mol. The second kappa shape index (κ2) is 5.94. The van der Waals surface area contributed by atoms with Crippen molar-refractivity contribution in [2.45, 2.75) is 20.8 Å². The summed E-state index contributed by atoms with van der Waals surface area (Å²) in [4.78, 5) is 11.7. The van der Waals surface area contributed by atoms with E-state index >= 15 is 0 Å². The van der Waals surface area contributed by atoms with Gasteiger partial charge in [0.25, 0.3) is 0 Å². The van der Waals surface area contributed by atoms with Gasteiger partial charge in [-0.05, 0) is 20.8 Å². The van der Waals surface area contributed by atoms with Crippen LogP contribution in [0, 0.1) is 5.92 Å². The molecular formula is C8H15NO2S. The average molecular weight is 189 g/mol. The summed E-state index contributed by atoms with van der Waals surface area (Å²) in [6.07, 6.45) is 0. The molecule has 0 unspecified atom stereocenters. The van der Waals surface area contributed by atoms with E-state index in [9.17, 15) is 4.79 Å². The maximum atomic E-state index is 11.1. The van der Waals surface area contributed by atoms with Crippen LogP contribution in [0.15, 0.2) is 0 Å². The van der Waals surface area contributed by atoms with Gasteiger partial charge in [0.15, 0.2) is 0 Å². The van der Waals surface area contributed by atoms with Crippen LogP contribution in [-0.2, 0) is 9.53 Å². The van der Waals surface area contributed by atoms with Gasteiger partial charge in [-0.1, -0.05) is 12.2 Å². The van der Waals surface area contributed by atoms with Crippen LogP contribution in [-0.4, -0.2) is 24.1 Å². The van der Waals surface area contributed by atoms with Crippen LogP contribution in [0.25, 0.3) is 0 Å². The highest BCUT2D eigenvalue weighted by molar-refractivity contribution is 7.80.